The van der Waals surface area contributed by atoms with Gasteiger partial charge in [0.15, 0.2) is 0 Å². The first-order valence-electron chi connectivity index (χ1n) is 6.94. The van der Waals surface area contributed by atoms with Gasteiger partial charge >= 0.3 is 0 Å². The minimum absolute atomic E-state index is 0.0450. The van der Waals surface area contributed by atoms with E-state index in [2.05, 4.69) is 16.2 Å². The van der Waals surface area contributed by atoms with Gasteiger partial charge in [0.25, 0.3) is 0 Å². The maximum Gasteiger partial charge on any atom is 0.245 e. The molecular weight excluding hydrogens is 300 g/mol. The van der Waals surface area contributed by atoms with Gasteiger partial charge < -0.3 is 4.90 Å². The Labute approximate surface area is 132 Å². The summed E-state index contributed by atoms with van der Waals surface area (Å²) >= 11 is 1.43. The van der Waals surface area contributed by atoms with Crippen LogP contribution in [0.3, 0.4) is 0 Å². The minimum Gasteiger partial charge on any atom is -0.301 e. The Bertz CT molecular complexity index is 730. The van der Waals surface area contributed by atoms with Crippen LogP contribution in [0, 0.1) is 11.3 Å². The highest BCUT2D eigenvalue weighted by Gasteiger charge is 2.36. The van der Waals surface area contributed by atoms with Crippen molar-refractivity contribution in [3.05, 3.63) is 29.2 Å². The molecule has 1 aliphatic rings. The molecule has 1 amide bonds. The lowest BCUT2D eigenvalue weighted by molar-refractivity contribution is -0.121. The molecule has 3 rings (SSSR count). The Morgan fingerprint density at radius 2 is 2.41 bits per heavy atom. The minimum atomic E-state index is -0.189. The zero-order valence-corrected chi connectivity index (χ0v) is 13.2. The highest BCUT2D eigenvalue weighted by Crippen LogP contribution is 2.31. The number of nitrogens with zero attached hydrogens (tertiary/aromatic N) is 6. The largest absolute Gasteiger partial charge is 0.301 e. The molecule has 0 aliphatic carbocycles. The van der Waals surface area contributed by atoms with Gasteiger partial charge in [-0.3, -0.25) is 14.4 Å². The van der Waals surface area contributed by atoms with Crippen molar-refractivity contribution in [2.75, 3.05) is 18.5 Å². The molecule has 0 N–H and O–H groups in total. The van der Waals surface area contributed by atoms with Crippen molar-refractivity contribution in [3.8, 4) is 6.07 Å². The van der Waals surface area contributed by atoms with Gasteiger partial charge in [-0.2, -0.15) is 10.4 Å². The molecule has 1 aliphatic heterocycles. The average molecular weight is 316 g/mol. The molecule has 0 radical (unpaired) electrons. The summed E-state index contributed by atoms with van der Waals surface area (Å²) in [6.07, 6.45) is 2.26. The van der Waals surface area contributed by atoms with Crippen molar-refractivity contribution < 1.29 is 4.79 Å². The summed E-state index contributed by atoms with van der Waals surface area (Å²) in [5.41, 5.74) is 0.565. The van der Waals surface area contributed by atoms with Crippen LogP contribution in [0.15, 0.2) is 17.8 Å². The molecular formula is C14H16N6OS. The third-order valence-corrected chi connectivity index (χ3v) is 4.85. The lowest BCUT2D eigenvalue weighted by Gasteiger charge is -2.22. The Morgan fingerprint density at radius 3 is 3.09 bits per heavy atom. The van der Waals surface area contributed by atoms with Crippen LogP contribution in [-0.2, 0) is 18.4 Å². The van der Waals surface area contributed by atoms with Gasteiger partial charge in [0.05, 0.1) is 18.2 Å². The van der Waals surface area contributed by atoms with Crippen molar-refractivity contribution in [1.29, 1.82) is 5.26 Å². The third-order valence-electron chi connectivity index (χ3n) is 3.92. The zero-order valence-electron chi connectivity index (χ0n) is 12.4. The van der Waals surface area contributed by atoms with Gasteiger partial charge in [-0.1, -0.05) is 0 Å². The number of amides is 1. The monoisotopic (exact) mass is 316 g/mol. The molecule has 0 saturated carbocycles. The number of anilines is 1. The van der Waals surface area contributed by atoms with Gasteiger partial charge in [0.1, 0.15) is 23.2 Å². The summed E-state index contributed by atoms with van der Waals surface area (Å²) in [6.45, 7) is 1.21. The van der Waals surface area contributed by atoms with Crippen molar-refractivity contribution in [2.45, 2.75) is 19.0 Å². The zero-order chi connectivity index (χ0) is 15.7. The molecule has 114 valence electrons. The van der Waals surface area contributed by atoms with E-state index in [1.54, 1.807) is 15.6 Å². The van der Waals surface area contributed by atoms with E-state index in [1.165, 1.54) is 17.7 Å². The van der Waals surface area contributed by atoms with Gasteiger partial charge in [-0.25, -0.2) is 4.98 Å². The van der Waals surface area contributed by atoms with Crippen LogP contribution in [-0.4, -0.2) is 45.2 Å². The normalized spacial score (nSPS) is 18.2. The summed E-state index contributed by atoms with van der Waals surface area (Å²) in [5.74, 6) is 0.867. The van der Waals surface area contributed by atoms with Crippen LogP contribution < -0.4 is 4.90 Å². The Balaban J connectivity index is 1.74. The van der Waals surface area contributed by atoms with Crippen molar-refractivity contribution in [1.82, 2.24) is 19.7 Å². The summed E-state index contributed by atoms with van der Waals surface area (Å²) in [7, 11) is 3.75. The fraction of sp³-hybridized carbons (Fsp3) is 0.429. The number of aryl methyl sites for hydroxylation is 1. The summed E-state index contributed by atoms with van der Waals surface area (Å²) in [6, 6.07) is 3.71. The molecule has 7 nitrogen and oxygen atoms in total. The molecule has 8 heteroatoms. The van der Waals surface area contributed by atoms with E-state index >= 15 is 0 Å². The second-order valence-corrected chi connectivity index (χ2v) is 6.16. The molecule has 0 unspecified atom stereocenters. The standard InChI is InChI=1S/C14H16N6OS/c1-18(8-12-16-9-17-19(12)2)11-3-5-20(13(11)21)14-10(7-15)4-6-22-14/h4,6,9,11H,3,5,8H2,1-2H3/t11-/m0/s1. The second-order valence-electron chi connectivity index (χ2n) is 5.26. The average Bonchev–Trinajstić information content (AvgIpc) is 3.19. The fourth-order valence-electron chi connectivity index (χ4n) is 2.67. The van der Waals surface area contributed by atoms with Gasteiger partial charge in [-0.05, 0) is 24.9 Å². The van der Waals surface area contributed by atoms with E-state index in [9.17, 15) is 4.79 Å². The van der Waals surface area contributed by atoms with Gasteiger partial charge in [-0.15, -0.1) is 11.3 Å². The molecule has 0 spiro atoms. The summed E-state index contributed by atoms with van der Waals surface area (Å²) in [4.78, 5) is 20.6. The Hall–Kier alpha value is -2.24. The molecule has 3 heterocycles. The first-order valence-corrected chi connectivity index (χ1v) is 7.82. The first kappa shape index (κ1) is 14.7. The van der Waals surface area contributed by atoms with Crippen LogP contribution in [0.4, 0.5) is 5.00 Å². The molecule has 2 aromatic rings. The number of likely N-dealkylation sites (N-methyl/N-ethyl adjacent to an activating group) is 1. The van der Waals surface area contributed by atoms with Crippen molar-refractivity contribution in [2.24, 2.45) is 7.05 Å². The molecule has 0 bridgehead atoms. The second kappa shape index (κ2) is 5.87. The summed E-state index contributed by atoms with van der Waals surface area (Å²) in [5, 5.41) is 15.8. The van der Waals surface area contributed by atoms with E-state index < -0.39 is 0 Å². The summed E-state index contributed by atoms with van der Waals surface area (Å²) < 4.78 is 1.71. The van der Waals surface area contributed by atoms with E-state index in [0.717, 1.165) is 17.2 Å². The Kier molecular flexibility index (Phi) is 3.92. The van der Waals surface area contributed by atoms with Crippen LogP contribution in [0.5, 0.6) is 0 Å². The van der Waals surface area contributed by atoms with E-state index in [4.69, 9.17) is 5.26 Å². The van der Waals surface area contributed by atoms with Crippen LogP contribution >= 0.6 is 11.3 Å². The predicted molar refractivity (Wildman–Crippen MR) is 82.3 cm³/mol. The smallest absolute Gasteiger partial charge is 0.245 e. The number of aromatic nitrogens is 3. The van der Waals surface area contributed by atoms with E-state index in [1.807, 2.05) is 24.4 Å². The SMILES string of the molecule is CN(Cc1ncnn1C)[C@H]1CCN(c2sccc2C#N)C1=O. The van der Waals surface area contributed by atoms with Crippen LogP contribution in [0.2, 0.25) is 0 Å². The predicted octanol–water partition coefficient (Wildman–Crippen LogP) is 0.986. The van der Waals surface area contributed by atoms with E-state index in [0.29, 0.717) is 18.7 Å². The van der Waals surface area contributed by atoms with Crippen molar-refractivity contribution in [3.63, 3.8) is 0 Å². The topological polar surface area (TPSA) is 78.1 Å². The highest BCUT2D eigenvalue weighted by atomic mass is 32.1. The first-order chi connectivity index (χ1) is 10.6. The quantitative estimate of drug-likeness (QED) is 0.840. The van der Waals surface area contributed by atoms with Gasteiger partial charge in [0, 0.05) is 13.6 Å². The van der Waals surface area contributed by atoms with Crippen molar-refractivity contribution >= 4 is 22.2 Å². The maximum atomic E-state index is 12.7. The number of rotatable bonds is 4. The molecule has 22 heavy (non-hydrogen) atoms. The molecule has 1 atom stereocenters. The third kappa shape index (κ3) is 2.49. The number of carbonyl (C=O) groups excluding carboxylic acids is 1. The molecule has 1 saturated heterocycles. The van der Waals surface area contributed by atoms with Crippen LogP contribution in [0.1, 0.15) is 17.8 Å². The molecule has 0 aromatic carbocycles. The number of hydrogen-bond donors (Lipinski definition) is 0. The van der Waals surface area contributed by atoms with E-state index in [-0.39, 0.29) is 11.9 Å². The highest BCUT2D eigenvalue weighted by molar-refractivity contribution is 7.14. The maximum absolute atomic E-state index is 12.7. The number of carbonyl (C=O) groups is 1. The molecule has 1 fully saturated rings. The lowest BCUT2D eigenvalue weighted by Crippen LogP contribution is -2.39. The number of thiophene rings is 1. The van der Waals surface area contributed by atoms with Crippen LogP contribution in [0.25, 0.3) is 0 Å². The fourth-order valence-corrected chi connectivity index (χ4v) is 3.55. The number of nitriles is 1. The molecule has 2 aromatic heterocycles. The number of hydrogen-bond acceptors (Lipinski definition) is 6. The Morgan fingerprint density at radius 1 is 1.59 bits per heavy atom. The van der Waals surface area contributed by atoms with Gasteiger partial charge in [0.2, 0.25) is 5.91 Å². The lowest BCUT2D eigenvalue weighted by atomic mass is 10.2.